The molecule has 7 heteroatoms. The number of ether oxygens (including phenoxy) is 1. The third kappa shape index (κ3) is 4.67. The molecule has 0 heterocycles. The number of nitrogens with zero attached hydrogens (tertiary/aromatic N) is 1. The number of carbonyl (C=O) groups excluding carboxylic acids is 2. The van der Waals surface area contributed by atoms with Crippen LogP contribution in [0.25, 0.3) is 0 Å². The van der Waals surface area contributed by atoms with Gasteiger partial charge >= 0.3 is 5.97 Å². The number of amides is 1. The molecule has 0 radical (unpaired) electrons. The van der Waals surface area contributed by atoms with Crippen molar-refractivity contribution >= 4 is 21.7 Å². The Morgan fingerprint density at radius 2 is 1.90 bits per heavy atom. The van der Waals surface area contributed by atoms with Crippen molar-refractivity contribution < 1.29 is 22.7 Å². The molecule has 154 valence electrons. The van der Waals surface area contributed by atoms with Gasteiger partial charge in [0.2, 0.25) is 0 Å². The van der Waals surface area contributed by atoms with Gasteiger partial charge in [-0.3, -0.25) is 4.79 Å². The van der Waals surface area contributed by atoms with Crippen LogP contribution in [0, 0.1) is 6.92 Å². The highest BCUT2D eigenvalue weighted by atomic mass is 32.2. The number of hydrogen-bond acceptors (Lipinski definition) is 5. The fraction of sp³-hybridized carbons (Fsp3) is 0.364. The summed E-state index contributed by atoms with van der Waals surface area (Å²) < 4.78 is 28.7. The highest BCUT2D eigenvalue weighted by Gasteiger charge is 2.27. The predicted molar refractivity (Wildman–Crippen MR) is 109 cm³/mol. The van der Waals surface area contributed by atoms with E-state index in [4.69, 9.17) is 4.74 Å². The second kappa shape index (κ2) is 8.37. The van der Waals surface area contributed by atoms with Crippen LogP contribution in [0.5, 0.6) is 0 Å². The molecule has 0 bridgehead atoms. The average molecular weight is 416 g/mol. The van der Waals surface area contributed by atoms with Gasteiger partial charge in [0.1, 0.15) is 0 Å². The van der Waals surface area contributed by atoms with Gasteiger partial charge < -0.3 is 9.64 Å². The monoisotopic (exact) mass is 415 g/mol. The minimum atomic E-state index is -3.45. The van der Waals surface area contributed by atoms with E-state index in [9.17, 15) is 18.0 Å². The fourth-order valence-electron chi connectivity index (χ4n) is 3.66. The number of rotatable bonds is 5. The van der Waals surface area contributed by atoms with Gasteiger partial charge in [0.15, 0.2) is 16.4 Å². The maximum atomic E-state index is 12.7. The first-order valence-electron chi connectivity index (χ1n) is 9.50. The fourth-order valence-corrected chi connectivity index (χ4v) is 4.31. The molecule has 0 unspecified atom stereocenters. The number of esters is 1. The van der Waals surface area contributed by atoms with E-state index in [-0.39, 0.29) is 22.4 Å². The summed E-state index contributed by atoms with van der Waals surface area (Å²) in [5.74, 6) is -1.00. The summed E-state index contributed by atoms with van der Waals surface area (Å²) in [7, 11) is -1.73. The largest absolute Gasteiger partial charge is 0.452 e. The summed E-state index contributed by atoms with van der Waals surface area (Å²) in [6, 6.07) is 12.3. The molecule has 1 aliphatic carbocycles. The minimum Gasteiger partial charge on any atom is -0.452 e. The Kier molecular flexibility index (Phi) is 6.07. The number of hydrogen-bond donors (Lipinski definition) is 0. The minimum absolute atomic E-state index is 0.0392. The molecule has 0 aromatic heterocycles. The second-order valence-corrected chi connectivity index (χ2v) is 9.45. The molecule has 0 N–H and O–H groups in total. The molecule has 2 aromatic carbocycles. The highest BCUT2D eigenvalue weighted by molar-refractivity contribution is 7.90. The number of fused-ring (bicyclic) bond motifs is 1. The van der Waals surface area contributed by atoms with E-state index >= 15 is 0 Å². The Bertz CT molecular complexity index is 1040. The van der Waals surface area contributed by atoms with E-state index in [0.29, 0.717) is 5.56 Å². The van der Waals surface area contributed by atoms with E-state index in [1.54, 1.807) is 24.9 Å². The van der Waals surface area contributed by atoms with Crippen molar-refractivity contribution in [2.45, 2.75) is 37.1 Å². The summed E-state index contributed by atoms with van der Waals surface area (Å²) in [6.45, 7) is 1.30. The van der Waals surface area contributed by atoms with Crippen LogP contribution in [0.3, 0.4) is 0 Å². The number of aryl methyl sites for hydroxylation is 2. The molecule has 0 saturated carbocycles. The third-order valence-corrected chi connectivity index (χ3v) is 6.49. The van der Waals surface area contributed by atoms with Crippen LogP contribution in [0.4, 0.5) is 0 Å². The lowest BCUT2D eigenvalue weighted by Crippen LogP contribution is -2.36. The van der Waals surface area contributed by atoms with Crippen molar-refractivity contribution in [2.24, 2.45) is 0 Å². The van der Waals surface area contributed by atoms with Crippen molar-refractivity contribution in [3.05, 3.63) is 64.7 Å². The molecule has 0 fully saturated rings. The lowest BCUT2D eigenvalue weighted by molar-refractivity contribution is -0.135. The summed E-state index contributed by atoms with van der Waals surface area (Å²) >= 11 is 0. The van der Waals surface area contributed by atoms with E-state index in [1.165, 1.54) is 17.7 Å². The Labute approximate surface area is 171 Å². The number of carbonyl (C=O) groups is 2. The highest BCUT2D eigenvalue weighted by Crippen LogP contribution is 2.33. The summed E-state index contributed by atoms with van der Waals surface area (Å²) in [6.07, 6.45) is 3.94. The molecular weight excluding hydrogens is 390 g/mol. The van der Waals surface area contributed by atoms with Gasteiger partial charge in [0, 0.05) is 13.3 Å². The molecule has 2 aromatic rings. The van der Waals surface area contributed by atoms with Crippen LogP contribution in [0.15, 0.2) is 47.4 Å². The summed E-state index contributed by atoms with van der Waals surface area (Å²) in [5, 5.41) is 0. The molecule has 29 heavy (non-hydrogen) atoms. The number of sulfone groups is 1. The molecule has 0 spiro atoms. The second-order valence-electron chi connectivity index (χ2n) is 7.44. The standard InChI is InChI=1S/C22H25NO5S/c1-15-11-12-17(29(3,26)27)13-19(15)22(25)28-14-21(24)23(2)20-10-6-8-16-7-4-5-9-18(16)20/h4-5,7,9,11-13,20H,6,8,10,14H2,1-3H3/t20-/m1/s1. The van der Waals surface area contributed by atoms with Crippen LogP contribution in [0.1, 0.15) is 45.9 Å². The quantitative estimate of drug-likeness (QED) is 0.701. The van der Waals surface area contributed by atoms with Crippen LogP contribution >= 0.6 is 0 Å². The molecule has 1 aliphatic rings. The normalized spacial score (nSPS) is 16.0. The number of benzene rings is 2. The molecule has 0 saturated heterocycles. The van der Waals surface area contributed by atoms with Gasteiger partial charge in [0.25, 0.3) is 5.91 Å². The van der Waals surface area contributed by atoms with Gasteiger partial charge in [0.05, 0.1) is 16.5 Å². The lowest BCUT2D eigenvalue weighted by atomic mass is 9.87. The van der Waals surface area contributed by atoms with Crippen LogP contribution in [-0.2, 0) is 25.8 Å². The third-order valence-electron chi connectivity index (χ3n) is 5.38. The number of likely N-dealkylation sites (N-methyl/N-ethyl adjacent to an activating group) is 1. The van der Waals surface area contributed by atoms with E-state index in [0.717, 1.165) is 31.1 Å². The molecule has 0 aliphatic heterocycles. The summed E-state index contributed by atoms with van der Waals surface area (Å²) in [4.78, 5) is 26.8. The first-order chi connectivity index (χ1) is 13.7. The Morgan fingerprint density at radius 1 is 1.17 bits per heavy atom. The Hall–Kier alpha value is -2.67. The first kappa shape index (κ1) is 21.0. The first-order valence-corrected chi connectivity index (χ1v) is 11.4. The Balaban J connectivity index is 1.69. The van der Waals surface area contributed by atoms with Crippen LogP contribution in [0.2, 0.25) is 0 Å². The maximum Gasteiger partial charge on any atom is 0.338 e. The van der Waals surface area contributed by atoms with E-state index in [2.05, 4.69) is 6.07 Å². The van der Waals surface area contributed by atoms with Crippen molar-refractivity contribution in [3.8, 4) is 0 Å². The van der Waals surface area contributed by atoms with E-state index < -0.39 is 22.4 Å². The zero-order valence-electron chi connectivity index (χ0n) is 16.8. The SMILES string of the molecule is Cc1ccc(S(C)(=O)=O)cc1C(=O)OCC(=O)N(C)[C@@H]1CCCc2ccccc21. The smallest absolute Gasteiger partial charge is 0.338 e. The van der Waals surface area contributed by atoms with Gasteiger partial charge in [-0.2, -0.15) is 0 Å². The van der Waals surface area contributed by atoms with Gasteiger partial charge in [-0.25, -0.2) is 13.2 Å². The molecule has 1 atom stereocenters. The van der Waals surface area contributed by atoms with Crippen molar-refractivity contribution in [2.75, 3.05) is 19.9 Å². The predicted octanol–water partition coefficient (Wildman–Crippen LogP) is 3.09. The van der Waals surface area contributed by atoms with Gasteiger partial charge in [-0.05, 0) is 55.0 Å². The van der Waals surface area contributed by atoms with Crippen molar-refractivity contribution in [1.82, 2.24) is 4.90 Å². The topological polar surface area (TPSA) is 80.7 Å². The van der Waals surface area contributed by atoms with E-state index in [1.807, 2.05) is 18.2 Å². The maximum absolute atomic E-state index is 12.7. The molecule has 6 nitrogen and oxygen atoms in total. The Morgan fingerprint density at radius 3 is 2.62 bits per heavy atom. The van der Waals surface area contributed by atoms with Gasteiger partial charge in [-0.15, -0.1) is 0 Å². The zero-order chi connectivity index (χ0) is 21.2. The van der Waals surface area contributed by atoms with Crippen LogP contribution < -0.4 is 0 Å². The zero-order valence-corrected chi connectivity index (χ0v) is 17.7. The lowest BCUT2D eigenvalue weighted by Gasteiger charge is -2.33. The van der Waals surface area contributed by atoms with Crippen LogP contribution in [-0.4, -0.2) is 45.1 Å². The molecular formula is C22H25NO5S. The average Bonchev–Trinajstić information content (AvgIpc) is 2.70. The molecule has 3 rings (SSSR count). The van der Waals surface area contributed by atoms with Gasteiger partial charge in [-0.1, -0.05) is 30.3 Å². The van der Waals surface area contributed by atoms with Crippen molar-refractivity contribution in [3.63, 3.8) is 0 Å². The summed E-state index contributed by atoms with van der Waals surface area (Å²) in [5.41, 5.74) is 3.11. The van der Waals surface area contributed by atoms with Crippen molar-refractivity contribution in [1.29, 1.82) is 0 Å². The molecule has 1 amide bonds.